The van der Waals surface area contributed by atoms with Crippen LogP contribution in [0.15, 0.2) is 47.6 Å². The summed E-state index contributed by atoms with van der Waals surface area (Å²) < 4.78 is 12.1. The van der Waals surface area contributed by atoms with Crippen LogP contribution >= 0.6 is 11.8 Å². The van der Waals surface area contributed by atoms with E-state index >= 15 is 0 Å². The van der Waals surface area contributed by atoms with E-state index in [0.717, 1.165) is 0 Å². The van der Waals surface area contributed by atoms with Gasteiger partial charge in [0.15, 0.2) is 5.78 Å². The number of nitrogens with one attached hydrogen (secondary N) is 1. The Hall–Kier alpha value is -3.40. The zero-order valence-corrected chi connectivity index (χ0v) is 16.9. The number of carbonyl (C=O) groups is 2. The van der Waals surface area contributed by atoms with E-state index in [1.807, 2.05) is 0 Å². The van der Waals surface area contributed by atoms with Gasteiger partial charge in [0.25, 0.3) is 0 Å². The second kappa shape index (κ2) is 9.20. The van der Waals surface area contributed by atoms with Gasteiger partial charge >= 0.3 is 0 Å². The molecule has 0 spiro atoms. The Bertz CT molecular complexity index is 1020. The number of tetrazole rings is 1. The maximum absolute atomic E-state index is 12.5. The molecule has 0 saturated carbocycles. The first-order valence-electron chi connectivity index (χ1n) is 8.56. The summed E-state index contributed by atoms with van der Waals surface area (Å²) in [5, 5.41) is 14.8. The fourth-order valence-electron chi connectivity index (χ4n) is 2.54. The number of hydrogen-bond donors (Lipinski definition) is 1. The maximum atomic E-state index is 12.5. The molecule has 10 heteroatoms. The van der Waals surface area contributed by atoms with E-state index in [-0.39, 0.29) is 17.4 Å². The number of thioether (sulfide) groups is 1. The topological polar surface area (TPSA) is 108 Å². The molecule has 2 aromatic carbocycles. The number of benzene rings is 2. The van der Waals surface area contributed by atoms with E-state index in [2.05, 4.69) is 20.8 Å². The number of Topliss-reactive ketones (excluding diaryl/α,β-unsaturated/α-hetero) is 1. The number of nitrogens with zero attached hydrogens (tertiary/aromatic N) is 4. The molecule has 1 heterocycles. The third-order valence-electron chi connectivity index (χ3n) is 3.91. The number of aromatic nitrogens is 4. The largest absolute Gasteiger partial charge is 0.497 e. The van der Waals surface area contributed by atoms with Gasteiger partial charge in [0.05, 0.1) is 20.0 Å². The summed E-state index contributed by atoms with van der Waals surface area (Å²) in [4.78, 5) is 23.6. The van der Waals surface area contributed by atoms with Crippen molar-refractivity contribution in [3.63, 3.8) is 0 Å². The van der Waals surface area contributed by atoms with Crippen LogP contribution in [0.1, 0.15) is 17.3 Å². The van der Waals surface area contributed by atoms with Gasteiger partial charge in [0.1, 0.15) is 17.2 Å². The highest BCUT2D eigenvalue weighted by Gasteiger charge is 2.16. The molecule has 1 aromatic heterocycles. The first-order chi connectivity index (χ1) is 14.0. The molecule has 0 aliphatic heterocycles. The quantitative estimate of drug-likeness (QED) is 0.443. The van der Waals surface area contributed by atoms with Gasteiger partial charge in [0, 0.05) is 24.2 Å². The van der Waals surface area contributed by atoms with Gasteiger partial charge in [-0.05, 0) is 46.8 Å². The van der Waals surface area contributed by atoms with Gasteiger partial charge in [-0.25, -0.2) is 0 Å². The van der Waals surface area contributed by atoms with E-state index in [1.165, 1.54) is 23.4 Å². The van der Waals surface area contributed by atoms with E-state index in [0.29, 0.717) is 33.6 Å². The molecule has 0 aliphatic rings. The second-order valence-corrected chi connectivity index (χ2v) is 6.82. The van der Waals surface area contributed by atoms with Gasteiger partial charge in [-0.3, -0.25) is 9.59 Å². The van der Waals surface area contributed by atoms with E-state index in [9.17, 15) is 9.59 Å². The number of carbonyl (C=O) groups excluding carboxylic acids is 2. The van der Waals surface area contributed by atoms with Crippen molar-refractivity contribution >= 4 is 29.1 Å². The number of anilines is 1. The molecule has 0 unspecified atom stereocenters. The fourth-order valence-corrected chi connectivity index (χ4v) is 3.32. The lowest BCUT2D eigenvalue weighted by Crippen LogP contribution is -2.08. The fraction of sp³-hybridized carbons (Fsp3) is 0.211. The highest BCUT2D eigenvalue weighted by atomic mass is 32.2. The van der Waals surface area contributed by atoms with Crippen LogP contribution in [-0.2, 0) is 4.79 Å². The summed E-state index contributed by atoms with van der Waals surface area (Å²) in [5.74, 6) is 1.09. The number of amides is 1. The van der Waals surface area contributed by atoms with Crippen LogP contribution in [0.2, 0.25) is 0 Å². The zero-order chi connectivity index (χ0) is 20.8. The van der Waals surface area contributed by atoms with E-state index < -0.39 is 0 Å². The molecule has 0 fully saturated rings. The standard InChI is InChI=1S/C19H19N5O4S/c1-12(25)20-14-6-4-13(5-7-14)17(26)11-29-19-21-22-23-24(19)16-10-15(27-2)8-9-18(16)28-3/h4-10H,11H2,1-3H3,(H,20,25). The lowest BCUT2D eigenvalue weighted by atomic mass is 10.1. The smallest absolute Gasteiger partial charge is 0.221 e. The molecule has 29 heavy (non-hydrogen) atoms. The van der Waals surface area contributed by atoms with Crippen molar-refractivity contribution in [1.82, 2.24) is 20.2 Å². The Labute approximate surface area is 171 Å². The minimum Gasteiger partial charge on any atom is -0.497 e. The Balaban J connectivity index is 1.74. The summed E-state index contributed by atoms with van der Waals surface area (Å²) in [7, 11) is 3.12. The number of ketones is 1. The van der Waals surface area contributed by atoms with Crippen LogP contribution in [0.4, 0.5) is 5.69 Å². The van der Waals surface area contributed by atoms with Crippen LogP contribution in [-0.4, -0.2) is 51.9 Å². The Kier molecular flexibility index (Phi) is 6.45. The normalized spacial score (nSPS) is 10.4. The lowest BCUT2D eigenvalue weighted by Gasteiger charge is -2.11. The Morgan fingerprint density at radius 2 is 1.86 bits per heavy atom. The molecule has 3 aromatic rings. The van der Waals surface area contributed by atoms with Crippen LogP contribution in [0.3, 0.4) is 0 Å². The van der Waals surface area contributed by atoms with Gasteiger partial charge < -0.3 is 14.8 Å². The summed E-state index contributed by atoms with van der Waals surface area (Å²) in [6, 6.07) is 12.0. The molecule has 3 rings (SSSR count). The SMILES string of the molecule is COc1ccc(OC)c(-n2nnnc2SCC(=O)c2ccc(NC(C)=O)cc2)c1. The highest BCUT2D eigenvalue weighted by Crippen LogP contribution is 2.29. The number of methoxy groups -OCH3 is 2. The van der Waals surface area contributed by atoms with Crippen LogP contribution < -0.4 is 14.8 Å². The van der Waals surface area contributed by atoms with E-state index in [1.54, 1.807) is 56.7 Å². The molecule has 9 nitrogen and oxygen atoms in total. The molecule has 0 atom stereocenters. The average molecular weight is 413 g/mol. The number of ether oxygens (including phenoxy) is 2. The molecule has 1 N–H and O–H groups in total. The molecule has 0 saturated heterocycles. The van der Waals surface area contributed by atoms with Gasteiger partial charge in [-0.2, -0.15) is 4.68 Å². The van der Waals surface area contributed by atoms with Crippen LogP contribution in [0.5, 0.6) is 11.5 Å². The summed E-state index contributed by atoms with van der Waals surface area (Å²) in [5.41, 5.74) is 1.77. The van der Waals surface area contributed by atoms with E-state index in [4.69, 9.17) is 9.47 Å². The molecular formula is C19H19N5O4S. The highest BCUT2D eigenvalue weighted by molar-refractivity contribution is 7.99. The molecule has 150 valence electrons. The molecule has 0 radical (unpaired) electrons. The summed E-state index contributed by atoms with van der Waals surface area (Å²) in [6.45, 7) is 1.43. The van der Waals surface area contributed by atoms with Gasteiger partial charge in [0.2, 0.25) is 11.1 Å². The first kappa shape index (κ1) is 20.3. The first-order valence-corrected chi connectivity index (χ1v) is 9.55. The lowest BCUT2D eigenvalue weighted by molar-refractivity contribution is -0.114. The van der Waals surface area contributed by atoms with Crippen molar-refractivity contribution in [2.24, 2.45) is 0 Å². The Morgan fingerprint density at radius 1 is 1.10 bits per heavy atom. The molecular weight excluding hydrogens is 394 g/mol. The van der Waals surface area contributed by atoms with Gasteiger partial charge in [-0.1, -0.05) is 11.8 Å². The third kappa shape index (κ3) is 4.91. The minimum atomic E-state index is -0.167. The summed E-state index contributed by atoms with van der Waals surface area (Å²) >= 11 is 1.21. The molecule has 1 amide bonds. The van der Waals surface area contributed by atoms with Crippen molar-refractivity contribution in [2.75, 3.05) is 25.3 Å². The summed E-state index contributed by atoms with van der Waals surface area (Å²) in [6.07, 6.45) is 0. The van der Waals surface area contributed by atoms with Crippen molar-refractivity contribution < 1.29 is 19.1 Å². The minimum absolute atomic E-state index is 0.0865. The predicted octanol–water partition coefficient (Wildman–Crippen LogP) is 2.61. The van der Waals surface area contributed by atoms with Crippen molar-refractivity contribution in [3.05, 3.63) is 48.0 Å². The van der Waals surface area contributed by atoms with Gasteiger partial charge in [-0.15, -0.1) is 5.10 Å². The van der Waals surface area contributed by atoms with Crippen molar-refractivity contribution in [3.8, 4) is 17.2 Å². The monoisotopic (exact) mass is 413 g/mol. The van der Waals surface area contributed by atoms with Crippen molar-refractivity contribution in [2.45, 2.75) is 12.1 Å². The molecule has 0 aliphatic carbocycles. The average Bonchev–Trinajstić information content (AvgIpc) is 3.20. The zero-order valence-electron chi connectivity index (χ0n) is 16.1. The maximum Gasteiger partial charge on any atom is 0.221 e. The number of hydrogen-bond acceptors (Lipinski definition) is 8. The third-order valence-corrected chi connectivity index (χ3v) is 4.83. The van der Waals surface area contributed by atoms with Crippen LogP contribution in [0, 0.1) is 0 Å². The molecule has 0 bridgehead atoms. The van der Waals surface area contributed by atoms with Crippen molar-refractivity contribution in [1.29, 1.82) is 0 Å². The number of rotatable bonds is 8. The predicted molar refractivity (Wildman–Crippen MR) is 108 cm³/mol. The second-order valence-electron chi connectivity index (χ2n) is 5.88. The Morgan fingerprint density at radius 3 is 2.52 bits per heavy atom. The van der Waals surface area contributed by atoms with Crippen LogP contribution in [0.25, 0.3) is 5.69 Å².